The van der Waals surface area contributed by atoms with Gasteiger partial charge < -0.3 is 21.7 Å². The fourth-order valence-electron chi connectivity index (χ4n) is 1.63. The van der Waals surface area contributed by atoms with Crippen molar-refractivity contribution >= 4 is 17.6 Å². The molecule has 0 saturated carbocycles. The fourth-order valence-corrected chi connectivity index (χ4v) is 1.63. The Hall–Kier alpha value is -1.56. The van der Waals surface area contributed by atoms with Gasteiger partial charge in [0.1, 0.15) is 11.6 Å². The maximum atomic E-state index is 5.58. The molecule has 0 bridgehead atoms. The van der Waals surface area contributed by atoms with E-state index < -0.39 is 0 Å². The first-order chi connectivity index (χ1) is 8.15. The van der Waals surface area contributed by atoms with E-state index in [4.69, 9.17) is 11.5 Å². The van der Waals surface area contributed by atoms with E-state index in [1.807, 2.05) is 0 Å². The van der Waals surface area contributed by atoms with Gasteiger partial charge in [-0.3, -0.25) is 0 Å². The minimum absolute atomic E-state index is 0.205. The summed E-state index contributed by atoms with van der Waals surface area (Å²) in [6.45, 7) is 8.45. The average molecular weight is 238 g/mol. The first-order valence-corrected chi connectivity index (χ1v) is 6.02. The molecule has 0 aliphatic carbocycles. The average Bonchev–Trinajstić information content (AvgIpc) is 2.28. The summed E-state index contributed by atoms with van der Waals surface area (Å²) in [5.74, 6) is 1.29. The molecule has 0 aliphatic rings. The van der Waals surface area contributed by atoms with Crippen LogP contribution in [0.2, 0.25) is 0 Å². The van der Waals surface area contributed by atoms with Crippen LogP contribution in [-0.4, -0.2) is 41.0 Å². The number of nitrogens with two attached hydrogens (primary N) is 2. The topological polar surface area (TPSA) is 93.1 Å². The van der Waals surface area contributed by atoms with E-state index in [0.29, 0.717) is 11.6 Å². The van der Waals surface area contributed by atoms with Crippen LogP contribution < -0.4 is 16.8 Å². The van der Waals surface area contributed by atoms with Gasteiger partial charge in [0, 0.05) is 12.6 Å². The molecule has 5 N–H and O–H groups in total. The van der Waals surface area contributed by atoms with Crippen molar-refractivity contribution in [2.75, 3.05) is 43.0 Å². The van der Waals surface area contributed by atoms with Crippen molar-refractivity contribution in [3.05, 3.63) is 6.07 Å². The second-order valence-corrected chi connectivity index (χ2v) is 3.84. The molecule has 1 heterocycles. The predicted octanol–water partition coefficient (Wildman–Crippen LogP) is 0.785. The van der Waals surface area contributed by atoms with Gasteiger partial charge in [-0.2, -0.15) is 9.97 Å². The van der Waals surface area contributed by atoms with Gasteiger partial charge in [-0.1, -0.05) is 13.8 Å². The largest absolute Gasteiger partial charge is 0.383 e. The summed E-state index contributed by atoms with van der Waals surface area (Å²) in [5, 5.41) is 3.19. The van der Waals surface area contributed by atoms with Gasteiger partial charge >= 0.3 is 0 Å². The predicted molar refractivity (Wildman–Crippen MR) is 71.8 cm³/mol. The van der Waals surface area contributed by atoms with Gasteiger partial charge in [0.25, 0.3) is 0 Å². The van der Waals surface area contributed by atoms with Gasteiger partial charge in [0.05, 0.1) is 0 Å². The molecular weight excluding hydrogens is 216 g/mol. The first kappa shape index (κ1) is 13.5. The molecule has 0 unspecified atom stereocenters. The second kappa shape index (κ2) is 6.90. The Balaban J connectivity index is 2.31. The highest BCUT2D eigenvalue weighted by molar-refractivity contribution is 5.48. The van der Waals surface area contributed by atoms with Crippen LogP contribution in [0.3, 0.4) is 0 Å². The summed E-state index contributed by atoms with van der Waals surface area (Å²) in [4.78, 5) is 10.2. The summed E-state index contributed by atoms with van der Waals surface area (Å²) in [6.07, 6.45) is 1.06. The molecule has 96 valence electrons. The lowest BCUT2D eigenvalue weighted by Crippen LogP contribution is -2.25. The van der Waals surface area contributed by atoms with Crippen molar-refractivity contribution in [3.63, 3.8) is 0 Å². The van der Waals surface area contributed by atoms with Crippen molar-refractivity contribution in [2.24, 2.45) is 0 Å². The Morgan fingerprint density at radius 1 is 1.24 bits per heavy atom. The Labute approximate surface area is 102 Å². The van der Waals surface area contributed by atoms with Crippen LogP contribution in [0.4, 0.5) is 17.6 Å². The molecule has 1 aromatic heterocycles. The van der Waals surface area contributed by atoms with Crippen LogP contribution in [0.1, 0.15) is 20.3 Å². The lowest BCUT2D eigenvalue weighted by atomic mass is 10.3. The van der Waals surface area contributed by atoms with E-state index in [0.717, 1.165) is 32.6 Å². The van der Waals surface area contributed by atoms with Gasteiger partial charge in [-0.05, 0) is 26.1 Å². The Kier molecular flexibility index (Phi) is 5.48. The minimum Gasteiger partial charge on any atom is -0.383 e. The quantitative estimate of drug-likeness (QED) is 0.608. The molecule has 1 rings (SSSR count). The molecule has 0 amide bonds. The number of nitrogens with zero attached hydrogens (tertiary/aromatic N) is 3. The molecule has 6 heteroatoms. The van der Waals surface area contributed by atoms with Crippen LogP contribution in [0.25, 0.3) is 0 Å². The molecule has 17 heavy (non-hydrogen) atoms. The highest BCUT2D eigenvalue weighted by atomic mass is 15.1. The number of rotatable bonds is 7. The van der Waals surface area contributed by atoms with Crippen LogP contribution in [0.15, 0.2) is 6.07 Å². The van der Waals surface area contributed by atoms with Crippen molar-refractivity contribution in [1.82, 2.24) is 14.9 Å². The normalized spacial score (nSPS) is 10.8. The number of nitrogens with one attached hydrogen (secondary N) is 1. The molecule has 1 aromatic rings. The van der Waals surface area contributed by atoms with E-state index in [1.165, 1.54) is 0 Å². The Morgan fingerprint density at radius 3 is 2.53 bits per heavy atom. The van der Waals surface area contributed by atoms with Crippen molar-refractivity contribution in [3.8, 4) is 0 Å². The summed E-state index contributed by atoms with van der Waals surface area (Å²) in [6, 6.07) is 1.69. The number of anilines is 3. The van der Waals surface area contributed by atoms with Gasteiger partial charge in [0.15, 0.2) is 0 Å². The summed E-state index contributed by atoms with van der Waals surface area (Å²) in [7, 11) is 0. The maximum absolute atomic E-state index is 5.58. The maximum Gasteiger partial charge on any atom is 0.223 e. The van der Waals surface area contributed by atoms with E-state index in [9.17, 15) is 0 Å². The number of aromatic nitrogens is 2. The summed E-state index contributed by atoms with van der Waals surface area (Å²) < 4.78 is 0. The molecule has 0 spiro atoms. The van der Waals surface area contributed by atoms with Gasteiger partial charge in [0.2, 0.25) is 5.95 Å². The molecule has 0 atom stereocenters. The van der Waals surface area contributed by atoms with Crippen molar-refractivity contribution < 1.29 is 0 Å². The monoisotopic (exact) mass is 238 g/mol. The van der Waals surface area contributed by atoms with Crippen LogP contribution in [0, 0.1) is 0 Å². The zero-order chi connectivity index (χ0) is 12.7. The first-order valence-electron chi connectivity index (χ1n) is 6.02. The molecule has 0 fully saturated rings. The Bertz CT molecular complexity index is 316. The third-order valence-electron chi connectivity index (χ3n) is 2.61. The van der Waals surface area contributed by atoms with Gasteiger partial charge in [-0.15, -0.1) is 0 Å². The van der Waals surface area contributed by atoms with E-state index in [1.54, 1.807) is 6.07 Å². The molecular formula is C11H22N6. The molecule has 0 radical (unpaired) electrons. The molecule has 0 aromatic carbocycles. The smallest absolute Gasteiger partial charge is 0.223 e. The lowest BCUT2D eigenvalue weighted by Gasteiger charge is -2.17. The molecule has 0 saturated heterocycles. The third-order valence-corrected chi connectivity index (χ3v) is 2.61. The van der Waals surface area contributed by atoms with Crippen molar-refractivity contribution in [2.45, 2.75) is 20.3 Å². The Morgan fingerprint density at radius 2 is 1.94 bits per heavy atom. The highest BCUT2D eigenvalue weighted by Gasteiger charge is 2.00. The SMILES string of the molecule is CCN(CC)CCCNc1cc(N)nc(N)n1. The lowest BCUT2D eigenvalue weighted by molar-refractivity contribution is 0.303. The van der Waals surface area contributed by atoms with Crippen LogP contribution in [0.5, 0.6) is 0 Å². The number of hydrogen-bond donors (Lipinski definition) is 3. The van der Waals surface area contributed by atoms with E-state index in [2.05, 4.69) is 34.0 Å². The summed E-state index contributed by atoms with van der Waals surface area (Å²) in [5.41, 5.74) is 11.1. The summed E-state index contributed by atoms with van der Waals surface area (Å²) >= 11 is 0. The third kappa shape index (κ3) is 4.86. The van der Waals surface area contributed by atoms with E-state index >= 15 is 0 Å². The van der Waals surface area contributed by atoms with Crippen molar-refractivity contribution in [1.29, 1.82) is 0 Å². The van der Waals surface area contributed by atoms with Crippen LogP contribution in [-0.2, 0) is 0 Å². The minimum atomic E-state index is 0.205. The van der Waals surface area contributed by atoms with E-state index in [-0.39, 0.29) is 5.95 Å². The zero-order valence-electron chi connectivity index (χ0n) is 10.6. The molecule has 6 nitrogen and oxygen atoms in total. The standard InChI is InChI=1S/C11H22N6/c1-3-17(4-2)7-5-6-14-10-8-9(12)15-11(13)16-10/h8H,3-7H2,1-2H3,(H5,12,13,14,15,16). The highest BCUT2D eigenvalue weighted by Crippen LogP contribution is 2.08. The zero-order valence-corrected chi connectivity index (χ0v) is 10.6. The number of hydrogen-bond acceptors (Lipinski definition) is 6. The van der Waals surface area contributed by atoms with Gasteiger partial charge in [-0.25, -0.2) is 0 Å². The fraction of sp³-hybridized carbons (Fsp3) is 0.636. The number of nitrogen functional groups attached to an aromatic ring is 2. The van der Waals surface area contributed by atoms with Crippen LogP contribution >= 0.6 is 0 Å². The molecule has 0 aliphatic heterocycles. The second-order valence-electron chi connectivity index (χ2n) is 3.84.